The second-order valence-corrected chi connectivity index (χ2v) is 4.20. The maximum atomic E-state index is 12.6. The normalized spacial score (nSPS) is 18.8. The summed E-state index contributed by atoms with van der Waals surface area (Å²) in [6.07, 6.45) is -1.93. The largest absolute Gasteiger partial charge is 0.341 e. The number of nitrogens with one attached hydrogen (secondary N) is 1. The van der Waals surface area contributed by atoms with Gasteiger partial charge in [0, 0.05) is 13.1 Å². The third-order valence-corrected chi connectivity index (χ3v) is 2.75. The first-order chi connectivity index (χ1) is 7.84. The lowest BCUT2D eigenvalue weighted by molar-refractivity contribution is -0.136. The highest BCUT2D eigenvalue weighted by Gasteiger charge is 2.41. The van der Waals surface area contributed by atoms with Gasteiger partial charge in [-0.1, -0.05) is 0 Å². The van der Waals surface area contributed by atoms with Crippen molar-refractivity contribution < 1.29 is 22.4 Å². The van der Waals surface area contributed by atoms with Crippen LogP contribution >= 0.6 is 0 Å². The number of carbonyl (C=O) groups excluding carboxylic acids is 1. The molecule has 0 aromatic carbocycles. The molecule has 0 saturated carbocycles. The predicted octanol–water partition coefficient (Wildman–Crippen LogP) is 1.49. The number of alkyl halides is 4. The second kappa shape index (κ2) is 5.66. The SMILES string of the molecule is CC(NCC(F)(F)C(F)F)C(=O)N1CCCC1. The van der Waals surface area contributed by atoms with Crippen molar-refractivity contribution in [3.8, 4) is 0 Å². The van der Waals surface area contributed by atoms with Crippen LogP contribution < -0.4 is 5.32 Å². The number of amides is 1. The van der Waals surface area contributed by atoms with Crippen LogP contribution in [0.1, 0.15) is 19.8 Å². The van der Waals surface area contributed by atoms with Gasteiger partial charge in [0.15, 0.2) is 0 Å². The van der Waals surface area contributed by atoms with Crippen molar-refractivity contribution >= 4 is 5.91 Å². The topological polar surface area (TPSA) is 32.3 Å². The quantitative estimate of drug-likeness (QED) is 0.756. The number of halogens is 4. The fourth-order valence-corrected chi connectivity index (χ4v) is 1.67. The maximum Gasteiger partial charge on any atom is 0.319 e. The molecule has 1 aliphatic heterocycles. The Bertz CT molecular complexity index is 267. The van der Waals surface area contributed by atoms with Crippen LogP contribution in [0.2, 0.25) is 0 Å². The lowest BCUT2D eigenvalue weighted by atomic mass is 10.2. The summed E-state index contributed by atoms with van der Waals surface area (Å²) >= 11 is 0. The minimum Gasteiger partial charge on any atom is -0.341 e. The van der Waals surface area contributed by atoms with E-state index in [0.29, 0.717) is 13.1 Å². The number of rotatable bonds is 5. The minimum absolute atomic E-state index is 0.312. The first-order valence-corrected chi connectivity index (χ1v) is 5.53. The van der Waals surface area contributed by atoms with Crippen LogP contribution in [0.25, 0.3) is 0 Å². The third-order valence-electron chi connectivity index (χ3n) is 2.75. The van der Waals surface area contributed by atoms with Crippen molar-refractivity contribution in [1.82, 2.24) is 10.2 Å². The Labute approximate surface area is 97.2 Å². The molecule has 1 atom stereocenters. The third kappa shape index (κ3) is 3.83. The van der Waals surface area contributed by atoms with Gasteiger partial charge in [0.05, 0.1) is 12.6 Å². The van der Waals surface area contributed by atoms with Crippen LogP contribution in [0.3, 0.4) is 0 Å². The number of nitrogens with zero attached hydrogens (tertiary/aromatic N) is 1. The molecular formula is C10H16F4N2O. The Kier molecular flexibility index (Phi) is 4.73. The van der Waals surface area contributed by atoms with Crippen LogP contribution in [-0.4, -0.2) is 48.8 Å². The van der Waals surface area contributed by atoms with Crippen molar-refractivity contribution in [1.29, 1.82) is 0 Å². The molecule has 1 amide bonds. The van der Waals surface area contributed by atoms with Gasteiger partial charge in [-0.2, -0.15) is 8.78 Å². The van der Waals surface area contributed by atoms with E-state index in [2.05, 4.69) is 5.32 Å². The fraction of sp³-hybridized carbons (Fsp3) is 0.900. The van der Waals surface area contributed by atoms with E-state index in [9.17, 15) is 22.4 Å². The van der Waals surface area contributed by atoms with E-state index in [4.69, 9.17) is 0 Å². The molecule has 1 saturated heterocycles. The van der Waals surface area contributed by atoms with Gasteiger partial charge < -0.3 is 10.2 Å². The highest BCUT2D eigenvalue weighted by molar-refractivity contribution is 5.81. The molecule has 7 heteroatoms. The Morgan fingerprint density at radius 1 is 1.35 bits per heavy atom. The summed E-state index contributed by atoms with van der Waals surface area (Å²) < 4.78 is 49.0. The molecule has 0 aliphatic carbocycles. The molecule has 1 N–H and O–H groups in total. The standard InChI is InChI=1S/C10H16F4N2O/c1-7(8(17)16-4-2-3-5-16)15-6-10(13,14)9(11)12/h7,9,15H,2-6H2,1H3. The molecule has 1 aliphatic rings. The monoisotopic (exact) mass is 256 g/mol. The van der Waals surface area contributed by atoms with E-state index < -0.39 is 24.9 Å². The molecular weight excluding hydrogens is 240 g/mol. The molecule has 1 heterocycles. The summed E-state index contributed by atoms with van der Waals surface area (Å²) in [6, 6.07) is -0.863. The second-order valence-electron chi connectivity index (χ2n) is 4.20. The molecule has 1 fully saturated rings. The first-order valence-electron chi connectivity index (χ1n) is 5.53. The van der Waals surface area contributed by atoms with E-state index in [1.165, 1.54) is 6.92 Å². The zero-order valence-electron chi connectivity index (χ0n) is 9.56. The van der Waals surface area contributed by atoms with Crippen molar-refractivity contribution in [3.05, 3.63) is 0 Å². The molecule has 100 valence electrons. The zero-order valence-corrected chi connectivity index (χ0v) is 9.56. The molecule has 0 bridgehead atoms. The number of hydrogen-bond acceptors (Lipinski definition) is 2. The number of hydrogen-bond donors (Lipinski definition) is 1. The van der Waals surface area contributed by atoms with E-state index in [1.54, 1.807) is 4.90 Å². The summed E-state index contributed by atoms with van der Waals surface area (Å²) in [5.74, 6) is -4.41. The highest BCUT2D eigenvalue weighted by Crippen LogP contribution is 2.21. The lowest BCUT2D eigenvalue weighted by Gasteiger charge is -2.23. The van der Waals surface area contributed by atoms with Gasteiger partial charge in [-0.3, -0.25) is 4.79 Å². The number of carbonyl (C=O) groups is 1. The van der Waals surface area contributed by atoms with Crippen LogP contribution in [0, 0.1) is 0 Å². The molecule has 17 heavy (non-hydrogen) atoms. The molecule has 0 spiro atoms. The average molecular weight is 256 g/mol. The van der Waals surface area contributed by atoms with Crippen LogP contribution in [-0.2, 0) is 4.79 Å². The van der Waals surface area contributed by atoms with Crippen molar-refractivity contribution in [2.75, 3.05) is 19.6 Å². The maximum absolute atomic E-state index is 12.6. The van der Waals surface area contributed by atoms with Crippen molar-refractivity contribution in [2.24, 2.45) is 0 Å². The minimum atomic E-state index is -4.10. The highest BCUT2D eigenvalue weighted by atomic mass is 19.3. The van der Waals surface area contributed by atoms with Crippen molar-refractivity contribution in [3.63, 3.8) is 0 Å². The lowest BCUT2D eigenvalue weighted by Crippen LogP contribution is -2.49. The summed E-state index contributed by atoms with van der Waals surface area (Å²) in [4.78, 5) is 13.2. The van der Waals surface area contributed by atoms with Crippen LogP contribution in [0.15, 0.2) is 0 Å². The smallest absolute Gasteiger partial charge is 0.319 e. The van der Waals surface area contributed by atoms with E-state index in [1.807, 2.05) is 0 Å². The Balaban J connectivity index is 2.38. The molecule has 1 rings (SSSR count). The van der Waals surface area contributed by atoms with E-state index in [-0.39, 0.29) is 5.91 Å². The summed E-state index contributed by atoms with van der Waals surface area (Å²) in [5.41, 5.74) is 0. The first kappa shape index (κ1) is 14.2. The van der Waals surface area contributed by atoms with Gasteiger partial charge in [-0.15, -0.1) is 0 Å². The summed E-state index contributed by atoms with van der Waals surface area (Å²) in [7, 11) is 0. The Morgan fingerprint density at radius 3 is 2.35 bits per heavy atom. The van der Waals surface area contributed by atoms with Crippen molar-refractivity contribution in [2.45, 2.75) is 38.2 Å². The molecule has 0 aromatic rings. The molecule has 3 nitrogen and oxygen atoms in total. The fourth-order valence-electron chi connectivity index (χ4n) is 1.67. The molecule has 0 aromatic heterocycles. The van der Waals surface area contributed by atoms with E-state index in [0.717, 1.165) is 12.8 Å². The zero-order chi connectivity index (χ0) is 13.1. The van der Waals surface area contributed by atoms with Crippen LogP contribution in [0.4, 0.5) is 17.6 Å². The molecule has 1 unspecified atom stereocenters. The van der Waals surface area contributed by atoms with Gasteiger partial charge in [-0.05, 0) is 19.8 Å². The van der Waals surface area contributed by atoms with E-state index >= 15 is 0 Å². The van der Waals surface area contributed by atoms with Crippen LogP contribution in [0.5, 0.6) is 0 Å². The van der Waals surface area contributed by atoms with Gasteiger partial charge in [0.25, 0.3) is 0 Å². The van der Waals surface area contributed by atoms with Gasteiger partial charge >= 0.3 is 12.3 Å². The summed E-state index contributed by atoms with van der Waals surface area (Å²) in [6.45, 7) is 1.43. The predicted molar refractivity (Wildman–Crippen MR) is 54.2 cm³/mol. The number of likely N-dealkylation sites (tertiary alicyclic amines) is 1. The molecule has 0 radical (unpaired) electrons. The Morgan fingerprint density at radius 2 is 1.88 bits per heavy atom. The summed E-state index contributed by atoms with van der Waals surface area (Å²) in [5, 5.41) is 2.16. The van der Waals surface area contributed by atoms with Gasteiger partial charge in [-0.25, -0.2) is 8.78 Å². The Hall–Kier alpha value is -0.850. The average Bonchev–Trinajstić information content (AvgIpc) is 2.78. The van der Waals surface area contributed by atoms with Gasteiger partial charge in [0.1, 0.15) is 0 Å². The van der Waals surface area contributed by atoms with Gasteiger partial charge in [0.2, 0.25) is 5.91 Å².